The van der Waals surface area contributed by atoms with Crippen LogP contribution in [0.25, 0.3) is 0 Å². The normalized spacial score (nSPS) is 51.6. The Balaban J connectivity index is 1.61. The fourth-order valence-corrected chi connectivity index (χ4v) is 4.62. The molecule has 0 unspecified atom stereocenters. The fourth-order valence-electron chi connectivity index (χ4n) is 4.62. The number of carbonyl (C=O) groups excluding carboxylic acids is 1. The zero-order valence-corrected chi connectivity index (χ0v) is 12.9. The SMILES string of the molecule is C[C@@H]1CC(=O)O[C@H]2[C@H](CC[C@H]3O[C@@H]4OC(C)(C)O[C@@H]4[C@H]23)C1. The summed E-state index contributed by atoms with van der Waals surface area (Å²) in [5.74, 6) is 0.263. The van der Waals surface area contributed by atoms with Crippen molar-refractivity contribution in [2.24, 2.45) is 17.8 Å². The van der Waals surface area contributed by atoms with Crippen molar-refractivity contribution < 1.29 is 23.7 Å². The van der Waals surface area contributed by atoms with E-state index in [0.717, 1.165) is 19.3 Å². The second-order valence-electron chi connectivity index (χ2n) is 7.56. The monoisotopic (exact) mass is 296 g/mol. The average molecular weight is 296 g/mol. The average Bonchev–Trinajstić information content (AvgIpc) is 2.77. The summed E-state index contributed by atoms with van der Waals surface area (Å²) in [5, 5.41) is 0. The zero-order valence-electron chi connectivity index (χ0n) is 12.9. The van der Waals surface area contributed by atoms with E-state index in [1.54, 1.807) is 0 Å². The molecule has 21 heavy (non-hydrogen) atoms. The predicted molar refractivity (Wildman–Crippen MR) is 73.2 cm³/mol. The standard InChI is InChI=1S/C16H24O5/c1-8-6-9-4-5-10-12(13(9)19-11(17)7-8)14-15(18-10)21-16(2,3)20-14/h8-10,12-15H,4-7H2,1-3H3/t8-,9+,10+,12-,13-,14+,15+/m0/s1. The van der Waals surface area contributed by atoms with E-state index >= 15 is 0 Å². The first-order chi connectivity index (χ1) is 9.93. The molecular formula is C16H24O5. The second kappa shape index (κ2) is 4.67. The van der Waals surface area contributed by atoms with Gasteiger partial charge in [-0.1, -0.05) is 6.92 Å². The Labute approximate surface area is 125 Å². The van der Waals surface area contributed by atoms with Crippen LogP contribution in [0.2, 0.25) is 0 Å². The van der Waals surface area contributed by atoms with Crippen LogP contribution in [0.5, 0.6) is 0 Å². The topological polar surface area (TPSA) is 54.0 Å². The number of fused-ring (bicyclic) bond motifs is 5. The summed E-state index contributed by atoms with van der Waals surface area (Å²) in [6.07, 6.45) is 3.26. The highest BCUT2D eigenvalue weighted by atomic mass is 16.8. The maximum absolute atomic E-state index is 12.0. The van der Waals surface area contributed by atoms with Gasteiger partial charge in [0.05, 0.1) is 12.0 Å². The highest BCUT2D eigenvalue weighted by Crippen LogP contribution is 2.50. The van der Waals surface area contributed by atoms with Crippen molar-refractivity contribution in [1.29, 1.82) is 0 Å². The summed E-state index contributed by atoms with van der Waals surface area (Å²) < 4.78 is 23.8. The van der Waals surface area contributed by atoms with E-state index < -0.39 is 5.79 Å². The lowest BCUT2D eigenvalue weighted by atomic mass is 9.73. The molecule has 0 aromatic carbocycles. The minimum atomic E-state index is -0.616. The van der Waals surface area contributed by atoms with Gasteiger partial charge in [-0.05, 0) is 44.9 Å². The van der Waals surface area contributed by atoms with Crippen LogP contribution < -0.4 is 0 Å². The summed E-state index contributed by atoms with van der Waals surface area (Å²) in [7, 11) is 0. The largest absolute Gasteiger partial charge is 0.462 e. The highest BCUT2D eigenvalue weighted by Gasteiger charge is 2.60. The molecule has 0 radical (unpaired) electrons. The summed E-state index contributed by atoms with van der Waals surface area (Å²) in [6, 6.07) is 0. The summed E-state index contributed by atoms with van der Waals surface area (Å²) >= 11 is 0. The van der Waals surface area contributed by atoms with Crippen molar-refractivity contribution in [3.8, 4) is 0 Å². The van der Waals surface area contributed by atoms with Gasteiger partial charge < -0.3 is 18.9 Å². The number of hydrogen-bond acceptors (Lipinski definition) is 5. The van der Waals surface area contributed by atoms with Crippen LogP contribution in [-0.4, -0.2) is 36.4 Å². The molecule has 7 atom stereocenters. The minimum absolute atomic E-state index is 0.0720. The molecule has 0 aromatic heterocycles. The van der Waals surface area contributed by atoms with Crippen molar-refractivity contribution in [3.05, 3.63) is 0 Å². The first kappa shape index (κ1) is 14.0. The molecule has 0 spiro atoms. The van der Waals surface area contributed by atoms with Gasteiger partial charge in [-0.15, -0.1) is 0 Å². The molecule has 4 fully saturated rings. The van der Waals surface area contributed by atoms with Crippen LogP contribution >= 0.6 is 0 Å². The van der Waals surface area contributed by atoms with Gasteiger partial charge in [0.15, 0.2) is 12.1 Å². The zero-order chi connectivity index (χ0) is 14.8. The summed E-state index contributed by atoms with van der Waals surface area (Å²) in [4.78, 5) is 12.0. The highest BCUT2D eigenvalue weighted by molar-refractivity contribution is 5.70. The molecule has 4 aliphatic rings. The maximum atomic E-state index is 12.0. The quantitative estimate of drug-likeness (QED) is 0.642. The molecule has 118 valence electrons. The van der Waals surface area contributed by atoms with Gasteiger partial charge in [-0.3, -0.25) is 4.79 Å². The van der Waals surface area contributed by atoms with Crippen LogP contribution in [-0.2, 0) is 23.7 Å². The van der Waals surface area contributed by atoms with Crippen molar-refractivity contribution in [1.82, 2.24) is 0 Å². The Hall–Kier alpha value is -0.650. The second-order valence-corrected chi connectivity index (χ2v) is 7.56. The molecule has 0 N–H and O–H groups in total. The first-order valence-corrected chi connectivity index (χ1v) is 8.13. The maximum Gasteiger partial charge on any atom is 0.306 e. The third-order valence-electron chi connectivity index (χ3n) is 5.36. The van der Waals surface area contributed by atoms with E-state index in [4.69, 9.17) is 18.9 Å². The Morgan fingerprint density at radius 2 is 1.95 bits per heavy atom. The van der Waals surface area contributed by atoms with Gasteiger partial charge in [0, 0.05) is 6.42 Å². The molecular weight excluding hydrogens is 272 g/mol. The van der Waals surface area contributed by atoms with Crippen LogP contribution in [0.4, 0.5) is 0 Å². The molecule has 0 amide bonds. The number of ether oxygens (including phenoxy) is 4. The fraction of sp³-hybridized carbons (Fsp3) is 0.938. The number of rotatable bonds is 0. The Kier molecular flexibility index (Phi) is 3.11. The molecule has 0 aromatic rings. The number of hydrogen-bond donors (Lipinski definition) is 0. The van der Waals surface area contributed by atoms with Gasteiger partial charge >= 0.3 is 5.97 Å². The van der Waals surface area contributed by atoms with Crippen LogP contribution in [0.1, 0.15) is 46.5 Å². The first-order valence-electron chi connectivity index (χ1n) is 8.13. The minimum Gasteiger partial charge on any atom is -0.462 e. The van der Waals surface area contributed by atoms with Gasteiger partial charge in [0.2, 0.25) is 0 Å². The Morgan fingerprint density at radius 3 is 2.76 bits per heavy atom. The molecule has 5 heteroatoms. The van der Waals surface area contributed by atoms with E-state index in [1.165, 1.54) is 0 Å². The van der Waals surface area contributed by atoms with Crippen molar-refractivity contribution >= 4 is 5.97 Å². The molecule has 4 rings (SSSR count). The van der Waals surface area contributed by atoms with Crippen molar-refractivity contribution in [2.75, 3.05) is 0 Å². The predicted octanol–water partition coefficient (Wildman–Crippen LogP) is 2.23. The molecule has 3 heterocycles. The smallest absolute Gasteiger partial charge is 0.306 e. The number of esters is 1. The van der Waals surface area contributed by atoms with E-state index in [-0.39, 0.29) is 36.5 Å². The lowest BCUT2D eigenvalue weighted by molar-refractivity contribution is -0.222. The van der Waals surface area contributed by atoms with Gasteiger partial charge in [-0.2, -0.15) is 0 Å². The Bertz CT molecular complexity index is 448. The molecule has 3 aliphatic heterocycles. The Morgan fingerprint density at radius 1 is 1.14 bits per heavy atom. The lowest BCUT2D eigenvalue weighted by Gasteiger charge is -2.39. The van der Waals surface area contributed by atoms with E-state index in [2.05, 4.69) is 6.92 Å². The van der Waals surface area contributed by atoms with E-state index in [9.17, 15) is 4.79 Å². The van der Waals surface area contributed by atoms with Crippen LogP contribution in [0, 0.1) is 17.8 Å². The van der Waals surface area contributed by atoms with Crippen LogP contribution in [0.15, 0.2) is 0 Å². The van der Waals surface area contributed by atoms with Gasteiger partial charge in [-0.25, -0.2) is 0 Å². The lowest BCUT2D eigenvalue weighted by Crippen LogP contribution is -2.47. The molecule has 1 saturated carbocycles. The van der Waals surface area contributed by atoms with E-state index in [1.807, 2.05) is 13.8 Å². The third-order valence-corrected chi connectivity index (χ3v) is 5.36. The van der Waals surface area contributed by atoms with Crippen molar-refractivity contribution in [3.63, 3.8) is 0 Å². The number of carbonyl (C=O) groups is 1. The van der Waals surface area contributed by atoms with Crippen molar-refractivity contribution in [2.45, 2.75) is 76.8 Å². The molecule has 1 aliphatic carbocycles. The van der Waals surface area contributed by atoms with Crippen LogP contribution in [0.3, 0.4) is 0 Å². The molecule has 5 nitrogen and oxygen atoms in total. The third kappa shape index (κ3) is 2.30. The van der Waals surface area contributed by atoms with Gasteiger partial charge in [0.1, 0.15) is 12.2 Å². The van der Waals surface area contributed by atoms with E-state index in [0.29, 0.717) is 18.3 Å². The summed E-state index contributed by atoms with van der Waals surface area (Å²) in [5.41, 5.74) is 0. The molecule has 0 bridgehead atoms. The molecule has 3 saturated heterocycles. The summed E-state index contributed by atoms with van der Waals surface area (Å²) in [6.45, 7) is 5.96. The van der Waals surface area contributed by atoms with Gasteiger partial charge in [0.25, 0.3) is 0 Å².